The number of aromatic nitrogens is 1. The van der Waals surface area contributed by atoms with Crippen LogP contribution >= 0.6 is 0 Å². The van der Waals surface area contributed by atoms with Crippen LogP contribution in [0.3, 0.4) is 0 Å². The number of nitrogens with one attached hydrogen (secondary N) is 1. The molecule has 0 atom stereocenters. The first-order chi connectivity index (χ1) is 13.2. The smallest absolute Gasteiger partial charge is 0.276 e. The van der Waals surface area contributed by atoms with E-state index in [1.54, 1.807) is 17.2 Å². The van der Waals surface area contributed by atoms with Crippen molar-refractivity contribution in [2.24, 2.45) is 0 Å². The SMILES string of the molecule is CCN(C(=O)c1ccc(NCCc2ccccc2)cn1)c1cccc(C)c1. The Bertz CT molecular complexity index is 876. The molecule has 0 radical (unpaired) electrons. The Morgan fingerprint density at radius 3 is 2.52 bits per heavy atom. The van der Waals surface area contributed by atoms with Crippen LogP contribution in [0.1, 0.15) is 28.5 Å². The number of benzene rings is 2. The largest absolute Gasteiger partial charge is 0.383 e. The third-order valence-corrected chi connectivity index (χ3v) is 4.44. The zero-order valence-corrected chi connectivity index (χ0v) is 15.9. The Morgan fingerprint density at radius 1 is 1.04 bits per heavy atom. The van der Waals surface area contributed by atoms with E-state index in [1.807, 2.05) is 62.4 Å². The molecule has 0 unspecified atom stereocenters. The van der Waals surface area contributed by atoms with Crippen molar-refractivity contribution in [2.45, 2.75) is 20.3 Å². The first-order valence-corrected chi connectivity index (χ1v) is 9.29. The Hall–Kier alpha value is -3.14. The molecule has 1 amide bonds. The first-order valence-electron chi connectivity index (χ1n) is 9.29. The predicted octanol–water partition coefficient (Wildman–Crippen LogP) is 4.71. The van der Waals surface area contributed by atoms with E-state index in [0.717, 1.165) is 29.9 Å². The monoisotopic (exact) mass is 359 g/mol. The summed E-state index contributed by atoms with van der Waals surface area (Å²) in [6.07, 6.45) is 2.67. The third-order valence-electron chi connectivity index (χ3n) is 4.44. The summed E-state index contributed by atoms with van der Waals surface area (Å²) in [7, 11) is 0. The van der Waals surface area contributed by atoms with Crippen molar-refractivity contribution in [1.29, 1.82) is 0 Å². The summed E-state index contributed by atoms with van der Waals surface area (Å²) in [5.74, 6) is -0.0843. The molecular formula is C23H25N3O. The quantitative estimate of drug-likeness (QED) is 0.664. The van der Waals surface area contributed by atoms with Crippen LogP contribution in [-0.4, -0.2) is 24.0 Å². The zero-order chi connectivity index (χ0) is 19.1. The van der Waals surface area contributed by atoms with Gasteiger partial charge in [-0.05, 0) is 55.7 Å². The average Bonchev–Trinajstić information content (AvgIpc) is 2.70. The number of hydrogen-bond donors (Lipinski definition) is 1. The lowest BCUT2D eigenvalue weighted by atomic mass is 10.1. The van der Waals surface area contributed by atoms with Gasteiger partial charge in [0.05, 0.1) is 11.9 Å². The molecule has 0 saturated heterocycles. The fourth-order valence-corrected chi connectivity index (χ4v) is 3.00. The van der Waals surface area contributed by atoms with Crippen LogP contribution in [0.5, 0.6) is 0 Å². The van der Waals surface area contributed by atoms with Crippen molar-refractivity contribution in [1.82, 2.24) is 4.98 Å². The zero-order valence-electron chi connectivity index (χ0n) is 15.9. The second kappa shape index (κ2) is 8.99. The van der Waals surface area contributed by atoms with Gasteiger partial charge in [0.15, 0.2) is 0 Å². The molecule has 4 heteroatoms. The van der Waals surface area contributed by atoms with Crippen LogP contribution < -0.4 is 10.2 Å². The highest BCUT2D eigenvalue weighted by Gasteiger charge is 2.17. The van der Waals surface area contributed by atoms with Gasteiger partial charge in [0.1, 0.15) is 5.69 Å². The maximum atomic E-state index is 12.8. The fraction of sp³-hybridized carbons (Fsp3) is 0.217. The number of aryl methyl sites for hydroxylation is 1. The molecule has 27 heavy (non-hydrogen) atoms. The molecule has 1 aromatic heterocycles. The number of anilines is 2. The van der Waals surface area contributed by atoms with E-state index in [1.165, 1.54) is 5.56 Å². The number of hydrogen-bond acceptors (Lipinski definition) is 3. The van der Waals surface area contributed by atoms with Crippen LogP contribution in [0.2, 0.25) is 0 Å². The number of nitrogens with zero attached hydrogens (tertiary/aromatic N) is 2. The molecule has 0 fully saturated rings. The van der Waals surface area contributed by atoms with Gasteiger partial charge in [0.25, 0.3) is 5.91 Å². The maximum absolute atomic E-state index is 12.8. The molecule has 1 N–H and O–H groups in total. The molecule has 3 aromatic rings. The summed E-state index contributed by atoms with van der Waals surface area (Å²) in [5, 5.41) is 3.35. The number of pyridine rings is 1. The van der Waals surface area contributed by atoms with E-state index in [2.05, 4.69) is 22.4 Å². The van der Waals surface area contributed by atoms with Gasteiger partial charge in [-0.1, -0.05) is 42.5 Å². The number of carbonyl (C=O) groups excluding carboxylic acids is 1. The fourth-order valence-electron chi connectivity index (χ4n) is 3.00. The summed E-state index contributed by atoms with van der Waals surface area (Å²) in [6, 6.07) is 22.0. The molecule has 138 valence electrons. The summed E-state index contributed by atoms with van der Waals surface area (Å²) in [5.41, 5.74) is 4.69. The van der Waals surface area contributed by atoms with E-state index >= 15 is 0 Å². The molecule has 2 aromatic carbocycles. The van der Waals surface area contributed by atoms with Gasteiger partial charge in [-0.15, -0.1) is 0 Å². The molecular weight excluding hydrogens is 334 g/mol. The van der Waals surface area contributed by atoms with Crippen LogP contribution in [0, 0.1) is 6.92 Å². The number of carbonyl (C=O) groups is 1. The van der Waals surface area contributed by atoms with Gasteiger partial charge < -0.3 is 10.2 Å². The minimum Gasteiger partial charge on any atom is -0.383 e. The second-order valence-corrected chi connectivity index (χ2v) is 6.48. The Balaban J connectivity index is 1.62. The molecule has 4 nitrogen and oxygen atoms in total. The summed E-state index contributed by atoms with van der Waals surface area (Å²) < 4.78 is 0. The summed E-state index contributed by atoms with van der Waals surface area (Å²) in [6.45, 7) is 5.42. The molecule has 0 aliphatic carbocycles. The van der Waals surface area contributed by atoms with E-state index in [0.29, 0.717) is 12.2 Å². The molecule has 0 spiro atoms. The predicted molar refractivity (Wildman–Crippen MR) is 111 cm³/mol. The second-order valence-electron chi connectivity index (χ2n) is 6.48. The van der Waals surface area contributed by atoms with Crippen LogP contribution in [0.25, 0.3) is 0 Å². The van der Waals surface area contributed by atoms with Crippen molar-refractivity contribution in [3.63, 3.8) is 0 Å². The van der Waals surface area contributed by atoms with E-state index in [-0.39, 0.29) is 5.91 Å². The van der Waals surface area contributed by atoms with Gasteiger partial charge in [-0.2, -0.15) is 0 Å². The van der Waals surface area contributed by atoms with Crippen LogP contribution in [0.4, 0.5) is 11.4 Å². The summed E-state index contributed by atoms with van der Waals surface area (Å²) in [4.78, 5) is 19.0. The van der Waals surface area contributed by atoms with Crippen molar-refractivity contribution in [3.05, 3.63) is 89.7 Å². The third kappa shape index (κ3) is 4.94. The van der Waals surface area contributed by atoms with Gasteiger partial charge in [0, 0.05) is 18.8 Å². The van der Waals surface area contributed by atoms with Crippen LogP contribution in [-0.2, 0) is 6.42 Å². The molecule has 0 aliphatic rings. The molecule has 0 aliphatic heterocycles. The molecule has 0 saturated carbocycles. The van der Waals surface area contributed by atoms with Crippen molar-refractivity contribution in [2.75, 3.05) is 23.3 Å². The van der Waals surface area contributed by atoms with Gasteiger partial charge in [-0.3, -0.25) is 4.79 Å². The normalized spacial score (nSPS) is 10.4. The first kappa shape index (κ1) is 18.6. The average molecular weight is 359 g/mol. The number of rotatable bonds is 7. The highest BCUT2D eigenvalue weighted by molar-refractivity contribution is 6.04. The molecule has 0 bridgehead atoms. The minimum atomic E-state index is -0.0843. The Labute approximate surface area is 160 Å². The van der Waals surface area contributed by atoms with Crippen molar-refractivity contribution >= 4 is 17.3 Å². The molecule has 3 rings (SSSR count). The minimum absolute atomic E-state index is 0.0843. The maximum Gasteiger partial charge on any atom is 0.276 e. The van der Waals surface area contributed by atoms with Crippen LogP contribution in [0.15, 0.2) is 72.9 Å². The molecule has 1 heterocycles. The number of amides is 1. The van der Waals surface area contributed by atoms with E-state index in [9.17, 15) is 4.79 Å². The highest BCUT2D eigenvalue weighted by atomic mass is 16.2. The van der Waals surface area contributed by atoms with Gasteiger partial charge in [-0.25, -0.2) is 4.98 Å². The Kier molecular flexibility index (Phi) is 6.21. The lowest BCUT2D eigenvalue weighted by Gasteiger charge is -2.21. The topological polar surface area (TPSA) is 45.2 Å². The van der Waals surface area contributed by atoms with E-state index < -0.39 is 0 Å². The van der Waals surface area contributed by atoms with Gasteiger partial charge >= 0.3 is 0 Å². The highest BCUT2D eigenvalue weighted by Crippen LogP contribution is 2.18. The standard InChI is InChI=1S/C23H25N3O/c1-3-26(21-11-7-8-18(2)16-21)23(27)22-13-12-20(17-25-22)24-15-14-19-9-5-4-6-10-19/h4-13,16-17,24H,3,14-15H2,1-2H3. The lowest BCUT2D eigenvalue weighted by Crippen LogP contribution is -2.31. The summed E-state index contributed by atoms with van der Waals surface area (Å²) >= 11 is 0. The van der Waals surface area contributed by atoms with Gasteiger partial charge in [0.2, 0.25) is 0 Å². The van der Waals surface area contributed by atoms with Crippen molar-refractivity contribution < 1.29 is 4.79 Å². The van der Waals surface area contributed by atoms with Crippen molar-refractivity contribution in [3.8, 4) is 0 Å². The Morgan fingerprint density at radius 2 is 1.85 bits per heavy atom. The lowest BCUT2D eigenvalue weighted by molar-refractivity contribution is 0.0983. The van der Waals surface area contributed by atoms with E-state index in [4.69, 9.17) is 0 Å².